The van der Waals surface area contributed by atoms with Crippen molar-refractivity contribution in [2.75, 3.05) is 18.0 Å². The highest BCUT2D eigenvalue weighted by molar-refractivity contribution is 7.71. The Hall–Kier alpha value is -1.21. The van der Waals surface area contributed by atoms with E-state index >= 15 is 0 Å². The highest BCUT2D eigenvalue weighted by Gasteiger charge is 2.17. The zero-order chi connectivity index (χ0) is 11.8. The van der Waals surface area contributed by atoms with E-state index in [1.54, 1.807) is 11.3 Å². The van der Waals surface area contributed by atoms with E-state index in [9.17, 15) is 0 Å². The van der Waals surface area contributed by atoms with E-state index in [0.717, 1.165) is 28.9 Å². The standard InChI is InChI=1S/C10H13N5S2/c1-14-8(12-13-9(14)16)7-6-11-10(17-7)15-4-2-3-5-15/h6H,2-5H2,1H3,(H,13,16). The van der Waals surface area contributed by atoms with Gasteiger partial charge in [0.1, 0.15) is 0 Å². The fraction of sp³-hybridized carbons (Fsp3) is 0.500. The number of anilines is 1. The molecule has 1 aliphatic heterocycles. The van der Waals surface area contributed by atoms with Crippen molar-refractivity contribution in [2.24, 2.45) is 7.05 Å². The lowest BCUT2D eigenvalue weighted by molar-refractivity contribution is 0.903. The first-order valence-electron chi connectivity index (χ1n) is 5.58. The number of nitrogens with one attached hydrogen (secondary N) is 1. The molecule has 0 atom stereocenters. The molecule has 5 nitrogen and oxygen atoms in total. The van der Waals surface area contributed by atoms with Gasteiger partial charge in [-0.05, 0) is 25.1 Å². The van der Waals surface area contributed by atoms with Crippen molar-refractivity contribution < 1.29 is 0 Å². The summed E-state index contributed by atoms with van der Waals surface area (Å²) in [4.78, 5) is 7.85. The van der Waals surface area contributed by atoms with E-state index in [1.165, 1.54) is 12.8 Å². The molecule has 0 spiro atoms. The minimum absolute atomic E-state index is 0.635. The average molecular weight is 267 g/mol. The highest BCUT2D eigenvalue weighted by atomic mass is 32.1. The van der Waals surface area contributed by atoms with Gasteiger partial charge in [-0.15, -0.1) is 0 Å². The smallest absolute Gasteiger partial charge is 0.195 e. The first kappa shape index (κ1) is 10.9. The molecule has 17 heavy (non-hydrogen) atoms. The number of rotatable bonds is 2. The first-order chi connectivity index (χ1) is 8.25. The van der Waals surface area contributed by atoms with Crippen molar-refractivity contribution in [2.45, 2.75) is 12.8 Å². The van der Waals surface area contributed by atoms with Crippen LogP contribution in [0.1, 0.15) is 12.8 Å². The third-order valence-corrected chi connectivity index (χ3v) is 4.39. The van der Waals surface area contributed by atoms with E-state index in [4.69, 9.17) is 12.2 Å². The van der Waals surface area contributed by atoms with Crippen LogP contribution in [0.5, 0.6) is 0 Å². The molecule has 1 N–H and O–H groups in total. The van der Waals surface area contributed by atoms with Crippen LogP contribution in [0.25, 0.3) is 10.7 Å². The van der Waals surface area contributed by atoms with Crippen molar-refractivity contribution >= 4 is 28.7 Å². The lowest BCUT2D eigenvalue weighted by Crippen LogP contribution is -2.16. The van der Waals surface area contributed by atoms with Crippen LogP contribution in [0.2, 0.25) is 0 Å². The Labute approximate surface area is 108 Å². The van der Waals surface area contributed by atoms with Crippen LogP contribution < -0.4 is 4.90 Å². The van der Waals surface area contributed by atoms with Crippen molar-refractivity contribution in [3.63, 3.8) is 0 Å². The SMILES string of the molecule is Cn1c(-c2cnc(N3CCCC3)s2)n[nH]c1=S. The number of hydrogen-bond donors (Lipinski definition) is 1. The molecule has 1 saturated heterocycles. The monoisotopic (exact) mass is 267 g/mol. The third kappa shape index (κ3) is 1.89. The van der Waals surface area contributed by atoms with Gasteiger partial charge in [0.2, 0.25) is 0 Å². The van der Waals surface area contributed by atoms with Crippen LogP contribution in [-0.2, 0) is 7.05 Å². The van der Waals surface area contributed by atoms with Gasteiger partial charge >= 0.3 is 0 Å². The van der Waals surface area contributed by atoms with Gasteiger partial charge in [-0.2, -0.15) is 5.10 Å². The molecule has 90 valence electrons. The molecule has 3 rings (SSSR count). The molecule has 0 bridgehead atoms. The Bertz CT molecular complexity index is 576. The van der Waals surface area contributed by atoms with Crippen LogP contribution >= 0.6 is 23.6 Å². The number of hydrogen-bond acceptors (Lipinski definition) is 5. The van der Waals surface area contributed by atoms with E-state index < -0.39 is 0 Å². The van der Waals surface area contributed by atoms with Crippen molar-refractivity contribution in [1.82, 2.24) is 19.7 Å². The molecule has 2 aromatic heterocycles. The van der Waals surface area contributed by atoms with E-state index in [0.29, 0.717) is 4.77 Å². The van der Waals surface area contributed by atoms with Gasteiger partial charge in [0.25, 0.3) is 0 Å². The minimum Gasteiger partial charge on any atom is -0.348 e. The van der Waals surface area contributed by atoms with Crippen LogP contribution in [-0.4, -0.2) is 32.8 Å². The summed E-state index contributed by atoms with van der Waals surface area (Å²) in [6, 6.07) is 0. The number of aromatic nitrogens is 4. The van der Waals surface area contributed by atoms with Crippen molar-refractivity contribution in [3.8, 4) is 10.7 Å². The second kappa shape index (κ2) is 4.23. The average Bonchev–Trinajstić information content (AvgIpc) is 3.01. The lowest BCUT2D eigenvalue weighted by atomic mass is 10.4. The summed E-state index contributed by atoms with van der Waals surface area (Å²) in [7, 11) is 1.91. The molecule has 0 saturated carbocycles. The third-order valence-electron chi connectivity index (χ3n) is 2.97. The topological polar surface area (TPSA) is 49.7 Å². The van der Waals surface area contributed by atoms with Crippen molar-refractivity contribution in [3.05, 3.63) is 11.0 Å². The van der Waals surface area contributed by atoms with Crippen LogP contribution in [0, 0.1) is 4.77 Å². The largest absolute Gasteiger partial charge is 0.348 e. The molecule has 3 heterocycles. The van der Waals surface area contributed by atoms with Crippen LogP contribution in [0.15, 0.2) is 6.20 Å². The van der Waals surface area contributed by atoms with E-state index in [2.05, 4.69) is 20.1 Å². The molecule has 0 unspecified atom stereocenters. The van der Waals surface area contributed by atoms with E-state index in [-0.39, 0.29) is 0 Å². The summed E-state index contributed by atoms with van der Waals surface area (Å²) >= 11 is 6.78. The van der Waals surface area contributed by atoms with Gasteiger partial charge in [-0.25, -0.2) is 4.98 Å². The van der Waals surface area contributed by atoms with Gasteiger partial charge in [0, 0.05) is 20.1 Å². The van der Waals surface area contributed by atoms with Gasteiger partial charge in [-0.3, -0.25) is 5.10 Å². The number of H-pyrrole nitrogens is 1. The summed E-state index contributed by atoms with van der Waals surface area (Å²) in [6.45, 7) is 2.23. The zero-order valence-corrected chi connectivity index (χ0v) is 11.1. The zero-order valence-electron chi connectivity index (χ0n) is 9.51. The fourth-order valence-electron chi connectivity index (χ4n) is 1.99. The molecule has 1 aliphatic rings. The molecular formula is C10H13N5S2. The van der Waals surface area contributed by atoms with Crippen LogP contribution in [0.4, 0.5) is 5.13 Å². The first-order valence-corrected chi connectivity index (χ1v) is 6.81. The second-order valence-corrected chi connectivity index (χ2v) is 5.51. The number of nitrogens with zero attached hydrogens (tertiary/aromatic N) is 4. The summed E-state index contributed by atoms with van der Waals surface area (Å²) in [5, 5.41) is 8.11. The Morgan fingerprint density at radius 2 is 2.18 bits per heavy atom. The van der Waals surface area contributed by atoms with Crippen LogP contribution in [0.3, 0.4) is 0 Å². The molecule has 7 heteroatoms. The number of thiazole rings is 1. The maximum absolute atomic E-state index is 5.11. The second-order valence-electron chi connectivity index (χ2n) is 4.11. The maximum Gasteiger partial charge on any atom is 0.195 e. The number of aromatic amines is 1. The van der Waals surface area contributed by atoms with Gasteiger partial charge < -0.3 is 9.47 Å². The summed E-state index contributed by atoms with van der Waals surface area (Å²) in [5.41, 5.74) is 0. The van der Waals surface area contributed by atoms with Crippen molar-refractivity contribution in [1.29, 1.82) is 0 Å². The Balaban J connectivity index is 1.94. The molecule has 2 aromatic rings. The summed E-state index contributed by atoms with van der Waals surface area (Å²) in [5.74, 6) is 0.859. The molecule has 1 fully saturated rings. The molecule has 0 aliphatic carbocycles. The Morgan fingerprint density at radius 1 is 1.41 bits per heavy atom. The lowest BCUT2D eigenvalue weighted by Gasteiger charge is -2.11. The minimum atomic E-state index is 0.635. The summed E-state index contributed by atoms with van der Waals surface area (Å²) < 4.78 is 2.51. The van der Waals surface area contributed by atoms with Gasteiger partial charge in [0.05, 0.1) is 11.1 Å². The van der Waals surface area contributed by atoms with E-state index in [1.807, 2.05) is 17.8 Å². The highest BCUT2D eigenvalue weighted by Crippen LogP contribution is 2.31. The fourth-order valence-corrected chi connectivity index (χ4v) is 3.12. The normalized spacial score (nSPS) is 15.7. The Morgan fingerprint density at radius 3 is 2.82 bits per heavy atom. The van der Waals surface area contributed by atoms with Gasteiger partial charge in [0.15, 0.2) is 15.7 Å². The molecular weight excluding hydrogens is 254 g/mol. The Kier molecular flexibility index (Phi) is 2.71. The quantitative estimate of drug-likeness (QED) is 0.848. The molecule has 0 aromatic carbocycles. The maximum atomic E-state index is 5.11. The molecule has 0 radical (unpaired) electrons. The molecule has 0 amide bonds. The predicted octanol–water partition coefficient (Wildman–Crippen LogP) is 2.20. The summed E-state index contributed by atoms with van der Waals surface area (Å²) in [6.07, 6.45) is 4.41. The predicted molar refractivity (Wildman–Crippen MR) is 70.9 cm³/mol. The van der Waals surface area contributed by atoms with Gasteiger partial charge in [-0.1, -0.05) is 11.3 Å².